The molecule has 0 saturated heterocycles. The molecule has 2 nitrogen and oxygen atoms in total. The predicted molar refractivity (Wildman–Crippen MR) is 62.5 cm³/mol. The summed E-state index contributed by atoms with van der Waals surface area (Å²) in [6.45, 7) is 0.0445. The van der Waals surface area contributed by atoms with Crippen LogP contribution in [0.25, 0.3) is 0 Å². The second-order valence-corrected chi connectivity index (χ2v) is 4.12. The number of nitrogens with two attached hydrogens (primary N) is 1. The monoisotopic (exact) mass is 327 g/mol. The van der Waals surface area contributed by atoms with Gasteiger partial charge in [-0.15, -0.1) is 12.4 Å². The lowest BCUT2D eigenvalue weighted by Crippen LogP contribution is -2.13. The van der Waals surface area contributed by atoms with Gasteiger partial charge in [0.05, 0.1) is 6.54 Å². The highest BCUT2D eigenvalue weighted by atomic mass is 79.9. The summed E-state index contributed by atoms with van der Waals surface area (Å²) in [5.74, 6) is -0.0583. The number of hydrogen-bond donors (Lipinski definition) is 1. The highest BCUT2D eigenvalue weighted by molar-refractivity contribution is 9.11. The third-order valence-corrected chi connectivity index (χ3v) is 2.29. The maximum absolute atomic E-state index is 11.2. The summed E-state index contributed by atoms with van der Waals surface area (Å²) in [6, 6.07) is 5.37. The first-order valence-corrected chi connectivity index (χ1v) is 4.91. The van der Waals surface area contributed by atoms with E-state index in [0.717, 1.165) is 8.95 Å². The van der Waals surface area contributed by atoms with E-state index in [2.05, 4.69) is 31.9 Å². The maximum Gasteiger partial charge on any atom is 0.176 e. The second kappa shape index (κ2) is 5.75. The highest BCUT2D eigenvalue weighted by Gasteiger charge is 2.04. The molecule has 0 aliphatic rings. The highest BCUT2D eigenvalue weighted by Crippen LogP contribution is 2.20. The summed E-state index contributed by atoms with van der Waals surface area (Å²) in [6.07, 6.45) is 0. The van der Waals surface area contributed by atoms with Gasteiger partial charge in [0.15, 0.2) is 5.78 Å². The number of carbonyl (C=O) groups is 1. The van der Waals surface area contributed by atoms with E-state index in [1.54, 1.807) is 12.1 Å². The topological polar surface area (TPSA) is 43.1 Å². The smallest absolute Gasteiger partial charge is 0.176 e. The lowest BCUT2D eigenvalue weighted by molar-refractivity contribution is 0.100. The predicted octanol–water partition coefficient (Wildman–Crippen LogP) is 2.77. The average molecular weight is 329 g/mol. The molecule has 0 aliphatic carbocycles. The fraction of sp³-hybridized carbons (Fsp3) is 0.125. The lowest BCUT2D eigenvalue weighted by Gasteiger charge is -1.99. The molecule has 0 spiro atoms. The lowest BCUT2D eigenvalue weighted by atomic mass is 10.1. The largest absolute Gasteiger partial charge is 0.324 e. The van der Waals surface area contributed by atoms with Gasteiger partial charge >= 0.3 is 0 Å². The van der Waals surface area contributed by atoms with Crippen molar-refractivity contribution in [3.05, 3.63) is 32.7 Å². The van der Waals surface area contributed by atoms with Crippen LogP contribution in [-0.2, 0) is 0 Å². The zero-order valence-electron chi connectivity index (χ0n) is 6.59. The molecule has 0 fully saturated rings. The number of ketones is 1. The van der Waals surface area contributed by atoms with Gasteiger partial charge in [-0.2, -0.15) is 0 Å². The molecule has 0 heterocycles. The van der Waals surface area contributed by atoms with Crippen molar-refractivity contribution in [2.45, 2.75) is 0 Å². The molecule has 1 aromatic rings. The van der Waals surface area contributed by atoms with Crippen molar-refractivity contribution in [3.8, 4) is 0 Å². The van der Waals surface area contributed by atoms with Gasteiger partial charge in [0.2, 0.25) is 0 Å². The quantitative estimate of drug-likeness (QED) is 0.848. The molecule has 0 atom stereocenters. The Morgan fingerprint density at radius 3 is 2.08 bits per heavy atom. The Morgan fingerprint density at radius 1 is 1.23 bits per heavy atom. The van der Waals surface area contributed by atoms with Gasteiger partial charge < -0.3 is 5.73 Å². The summed E-state index contributed by atoms with van der Waals surface area (Å²) < 4.78 is 1.74. The summed E-state index contributed by atoms with van der Waals surface area (Å²) in [4.78, 5) is 11.2. The molecular weight excluding hydrogens is 321 g/mol. The summed E-state index contributed by atoms with van der Waals surface area (Å²) in [7, 11) is 0. The maximum atomic E-state index is 11.2. The minimum atomic E-state index is -0.0583. The van der Waals surface area contributed by atoms with E-state index in [4.69, 9.17) is 5.73 Å². The standard InChI is InChI=1S/C8H7Br2NO.ClH/c9-6-1-5(8(12)4-11)2-7(10)3-6;/h1-3H,4,11H2;1H. The second-order valence-electron chi connectivity index (χ2n) is 2.29. The van der Waals surface area contributed by atoms with Gasteiger partial charge in [-0.3, -0.25) is 4.79 Å². The van der Waals surface area contributed by atoms with Gasteiger partial charge in [0, 0.05) is 14.5 Å². The molecule has 0 saturated carbocycles. The molecule has 1 aromatic carbocycles. The van der Waals surface area contributed by atoms with Gasteiger partial charge in [0.1, 0.15) is 0 Å². The van der Waals surface area contributed by atoms with Crippen molar-refractivity contribution in [2.24, 2.45) is 5.73 Å². The molecule has 0 aliphatic heterocycles. The van der Waals surface area contributed by atoms with Crippen LogP contribution in [0.2, 0.25) is 0 Å². The van der Waals surface area contributed by atoms with E-state index >= 15 is 0 Å². The summed E-state index contributed by atoms with van der Waals surface area (Å²) in [5.41, 5.74) is 5.85. The number of benzene rings is 1. The fourth-order valence-corrected chi connectivity index (χ4v) is 2.13. The number of halogens is 3. The van der Waals surface area contributed by atoms with Crippen molar-refractivity contribution >= 4 is 50.1 Å². The number of Topliss-reactive ketones (excluding diaryl/α,β-unsaturated/α-hetero) is 1. The van der Waals surface area contributed by atoms with E-state index in [9.17, 15) is 4.79 Å². The van der Waals surface area contributed by atoms with Crippen LogP contribution in [-0.4, -0.2) is 12.3 Å². The van der Waals surface area contributed by atoms with Crippen molar-refractivity contribution in [1.29, 1.82) is 0 Å². The Kier molecular flexibility index (Phi) is 5.80. The van der Waals surface area contributed by atoms with Crippen LogP contribution in [0.1, 0.15) is 10.4 Å². The minimum absolute atomic E-state index is 0. The zero-order valence-corrected chi connectivity index (χ0v) is 10.6. The van der Waals surface area contributed by atoms with E-state index in [0.29, 0.717) is 5.56 Å². The number of carbonyl (C=O) groups excluding carboxylic acids is 1. The summed E-state index contributed by atoms with van der Waals surface area (Å²) in [5, 5.41) is 0. The van der Waals surface area contributed by atoms with Crippen molar-refractivity contribution in [3.63, 3.8) is 0 Å². The van der Waals surface area contributed by atoms with E-state index in [1.807, 2.05) is 6.07 Å². The Hall–Kier alpha value is 0.1000. The van der Waals surface area contributed by atoms with Crippen molar-refractivity contribution in [2.75, 3.05) is 6.54 Å². The Labute approximate surface area is 99.6 Å². The zero-order chi connectivity index (χ0) is 9.14. The molecule has 5 heteroatoms. The molecular formula is C8H8Br2ClNO. The molecule has 13 heavy (non-hydrogen) atoms. The van der Waals surface area contributed by atoms with Gasteiger partial charge in [-0.25, -0.2) is 0 Å². The Balaban J connectivity index is 0.00000144. The SMILES string of the molecule is Cl.NCC(=O)c1cc(Br)cc(Br)c1. The first-order valence-electron chi connectivity index (χ1n) is 3.33. The number of hydrogen-bond acceptors (Lipinski definition) is 2. The molecule has 2 N–H and O–H groups in total. The van der Waals surface area contributed by atoms with Crippen LogP contribution in [0.3, 0.4) is 0 Å². The first kappa shape index (κ1) is 13.1. The molecule has 0 bridgehead atoms. The average Bonchev–Trinajstić information content (AvgIpc) is 2.01. The van der Waals surface area contributed by atoms with Crippen LogP contribution in [0.5, 0.6) is 0 Å². The van der Waals surface area contributed by atoms with Gasteiger partial charge in [-0.05, 0) is 18.2 Å². The van der Waals surface area contributed by atoms with Crippen molar-refractivity contribution < 1.29 is 4.79 Å². The van der Waals surface area contributed by atoms with Crippen LogP contribution < -0.4 is 5.73 Å². The van der Waals surface area contributed by atoms with Crippen LogP contribution in [0.15, 0.2) is 27.1 Å². The van der Waals surface area contributed by atoms with Gasteiger partial charge in [0.25, 0.3) is 0 Å². The van der Waals surface area contributed by atoms with Crippen molar-refractivity contribution in [1.82, 2.24) is 0 Å². The van der Waals surface area contributed by atoms with Crippen LogP contribution in [0, 0.1) is 0 Å². The van der Waals surface area contributed by atoms with E-state index in [1.165, 1.54) is 0 Å². The van der Waals surface area contributed by atoms with Crippen LogP contribution >= 0.6 is 44.3 Å². The molecule has 0 amide bonds. The molecule has 0 unspecified atom stereocenters. The molecule has 0 radical (unpaired) electrons. The van der Waals surface area contributed by atoms with E-state index < -0.39 is 0 Å². The molecule has 72 valence electrons. The third-order valence-electron chi connectivity index (χ3n) is 1.37. The summed E-state index contributed by atoms with van der Waals surface area (Å²) >= 11 is 6.57. The first-order chi connectivity index (χ1) is 5.63. The Bertz CT molecular complexity index is 297. The minimum Gasteiger partial charge on any atom is -0.324 e. The Morgan fingerprint density at radius 2 is 1.69 bits per heavy atom. The van der Waals surface area contributed by atoms with E-state index in [-0.39, 0.29) is 24.7 Å². The number of rotatable bonds is 2. The normalized spacial score (nSPS) is 9.15. The molecule has 1 rings (SSSR count). The molecule has 0 aromatic heterocycles. The van der Waals surface area contributed by atoms with Gasteiger partial charge in [-0.1, -0.05) is 31.9 Å². The van der Waals surface area contributed by atoms with Crippen LogP contribution in [0.4, 0.5) is 0 Å². The fourth-order valence-electron chi connectivity index (χ4n) is 0.833. The third kappa shape index (κ3) is 3.77.